The Morgan fingerprint density at radius 2 is 1.66 bits per heavy atom. The molecule has 3 aliphatic rings. The van der Waals surface area contributed by atoms with E-state index >= 15 is 0 Å². The van der Waals surface area contributed by atoms with Gasteiger partial charge >= 0.3 is 0 Å². The first kappa shape index (κ1) is 29.0. The van der Waals surface area contributed by atoms with Gasteiger partial charge in [-0.2, -0.15) is 15.8 Å². The predicted molar refractivity (Wildman–Crippen MR) is 171 cm³/mol. The first-order chi connectivity index (χ1) is 21.6. The molecule has 2 saturated heterocycles. The van der Waals surface area contributed by atoms with E-state index in [-0.39, 0.29) is 18.4 Å². The molecule has 1 amide bonds. The van der Waals surface area contributed by atoms with Crippen LogP contribution in [0.15, 0.2) is 55.1 Å². The molecular formula is C35H36N8O. The maximum absolute atomic E-state index is 12.6. The molecule has 0 spiro atoms. The lowest BCUT2D eigenvalue weighted by molar-refractivity contribution is -0.128. The van der Waals surface area contributed by atoms with E-state index in [1.807, 2.05) is 0 Å². The van der Waals surface area contributed by atoms with Crippen LogP contribution in [0.3, 0.4) is 0 Å². The van der Waals surface area contributed by atoms with Crippen molar-refractivity contribution in [1.29, 1.82) is 15.8 Å². The number of hydrogen-bond donors (Lipinski definition) is 0. The molecule has 9 nitrogen and oxygen atoms in total. The fourth-order valence-electron chi connectivity index (χ4n) is 7.11. The second-order valence-electron chi connectivity index (χ2n) is 11.9. The number of pyridine rings is 1. The van der Waals surface area contributed by atoms with Gasteiger partial charge in [-0.25, -0.2) is 4.98 Å². The van der Waals surface area contributed by atoms with Crippen LogP contribution in [-0.4, -0.2) is 61.1 Å². The highest BCUT2D eigenvalue weighted by Gasteiger charge is 2.35. The number of aromatic nitrogens is 1. The lowest BCUT2D eigenvalue weighted by atomic mass is 9.92. The van der Waals surface area contributed by atoms with Crippen molar-refractivity contribution in [3.8, 4) is 18.2 Å². The number of anilines is 3. The largest absolute Gasteiger partial charge is 0.366 e. The normalized spacial score (nSPS) is 18.7. The van der Waals surface area contributed by atoms with Crippen LogP contribution in [0.5, 0.6) is 0 Å². The van der Waals surface area contributed by atoms with Gasteiger partial charge in [0.2, 0.25) is 5.91 Å². The third-order valence-electron chi connectivity index (χ3n) is 9.43. The monoisotopic (exact) mass is 584 g/mol. The highest BCUT2D eigenvalue weighted by Crippen LogP contribution is 2.39. The van der Waals surface area contributed by atoms with Crippen molar-refractivity contribution in [1.82, 2.24) is 9.88 Å². The topological polar surface area (TPSA) is 114 Å². The average molecular weight is 585 g/mol. The Labute approximate surface area is 258 Å². The van der Waals surface area contributed by atoms with Gasteiger partial charge in [-0.1, -0.05) is 43.0 Å². The van der Waals surface area contributed by atoms with Gasteiger partial charge in [0.1, 0.15) is 17.7 Å². The summed E-state index contributed by atoms with van der Waals surface area (Å²) in [5.74, 6) is 1.77. The van der Waals surface area contributed by atoms with Crippen LogP contribution in [0.1, 0.15) is 42.4 Å². The number of carbonyl (C=O) groups excluding carboxylic acids is 1. The Kier molecular flexibility index (Phi) is 8.35. The summed E-state index contributed by atoms with van der Waals surface area (Å²) in [5, 5.41) is 31.8. The van der Waals surface area contributed by atoms with Crippen molar-refractivity contribution in [2.75, 3.05) is 54.0 Å². The van der Waals surface area contributed by atoms with Crippen molar-refractivity contribution in [3.05, 3.63) is 71.8 Å². The summed E-state index contributed by atoms with van der Waals surface area (Å²) in [4.78, 5) is 26.4. The third-order valence-corrected chi connectivity index (χ3v) is 9.43. The van der Waals surface area contributed by atoms with E-state index in [0.29, 0.717) is 49.9 Å². The van der Waals surface area contributed by atoms with E-state index in [1.54, 1.807) is 4.90 Å². The number of piperidine rings is 1. The van der Waals surface area contributed by atoms with Gasteiger partial charge in [-0.05, 0) is 48.3 Å². The molecular weight excluding hydrogens is 548 g/mol. The molecule has 0 saturated carbocycles. The SMILES string of the molecule is C=CC(=O)N1CCN(c2nc(N3CCC(CC#N)CC3)c(C#N)c3c2CCN(c2cccc4ccccc24)C3)C[C@H]1CC#N. The van der Waals surface area contributed by atoms with Gasteiger partial charge in [-0.15, -0.1) is 0 Å². The number of fused-ring (bicyclic) bond motifs is 2. The average Bonchev–Trinajstić information content (AvgIpc) is 3.07. The zero-order valence-electron chi connectivity index (χ0n) is 25.0. The Balaban J connectivity index is 1.42. The minimum Gasteiger partial charge on any atom is -0.366 e. The minimum absolute atomic E-state index is 0.161. The zero-order valence-corrected chi connectivity index (χ0v) is 25.0. The maximum Gasteiger partial charge on any atom is 0.246 e. The second kappa shape index (κ2) is 12.7. The first-order valence-corrected chi connectivity index (χ1v) is 15.4. The maximum atomic E-state index is 12.6. The quantitative estimate of drug-likeness (QED) is 0.375. The van der Waals surface area contributed by atoms with E-state index in [0.717, 1.165) is 61.5 Å². The molecule has 0 aliphatic carbocycles. The number of rotatable bonds is 6. The van der Waals surface area contributed by atoms with Crippen molar-refractivity contribution in [2.24, 2.45) is 5.92 Å². The Bertz CT molecular complexity index is 1700. The second-order valence-corrected chi connectivity index (χ2v) is 11.9. The van der Waals surface area contributed by atoms with Gasteiger partial charge in [0.25, 0.3) is 0 Å². The number of nitriles is 3. The first-order valence-electron chi connectivity index (χ1n) is 15.4. The lowest BCUT2D eigenvalue weighted by Crippen LogP contribution is -2.55. The molecule has 3 aromatic rings. The summed E-state index contributed by atoms with van der Waals surface area (Å²) in [6.45, 7) is 8.09. The predicted octanol–water partition coefficient (Wildman–Crippen LogP) is 4.92. The van der Waals surface area contributed by atoms with E-state index in [1.165, 1.54) is 16.8 Å². The van der Waals surface area contributed by atoms with Crippen molar-refractivity contribution in [3.63, 3.8) is 0 Å². The van der Waals surface area contributed by atoms with Gasteiger partial charge in [0.05, 0.1) is 30.2 Å². The Hall–Kier alpha value is -5.07. The van der Waals surface area contributed by atoms with Crippen LogP contribution in [0.4, 0.5) is 17.3 Å². The van der Waals surface area contributed by atoms with E-state index in [9.17, 15) is 20.6 Å². The molecule has 1 atom stereocenters. The van der Waals surface area contributed by atoms with Gasteiger partial charge in [0.15, 0.2) is 0 Å². The Morgan fingerprint density at radius 3 is 2.41 bits per heavy atom. The fourth-order valence-corrected chi connectivity index (χ4v) is 7.11. The number of piperazine rings is 1. The van der Waals surface area contributed by atoms with Crippen LogP contribution in [0.25, 0.3) is 10.8 Å². The summed E-state index contributed by atoms with van der Waals surface area (Å²) < 4.78 is 0. The van der Waals surface area contributed by atoms with E-state index in [4.69, 9.17) is 4.98 Å². The van der Waals surface area contributed by atoms with Crippen molar-refractivity contribution >= 4 is 34.0 Å². The molecule has 4 heterocycles. The Morgan fingerprint density at radius 1 is 0.886 bits per heavy atom. The molecule has 222 valence electrons. The molecule has 44 heavy (non-hydrogen) atoms. The number of amides is 1. The van der Waals surface area contributed by atoms with Crippen LogP contribution < -0.4 is 14.7 Å². The van der Waals surface area contributed by atoms with Crippen LogP contribution >= 0.6 is 0 Å². The van der Waals surface area contributed by atoms with Crippen molar-refractivity contribution < 1.29 is 4.79 Å². The third kappa shape index (κ3) is 5.40. The number of benzene rings is 2. The van der Waals surface area contributed by atoms with Gasteiger partial charge in [-0.3, -0.25) is 4.79 Å². The molecule has 0 bridgehead atoms. The van der Waals surface area contributed by atoms with Gasteiger partial charge in [0, 0.05) is 68.9 Å². The van der Waals surface area contributed by atoms with Crippen LogP contribution in [0, 0.1) is 39.9 Å². The summed E-state index contributed by atoms with van der Waals surface area (Å²) in [7, 11) is 0. The summed E-state index contributed by atoms with van der Waals surface area (Å²) >= 11 is 0. The molecule has 6 rings (SSSR count). The zero-order chi connectivity index (χ0) is 30.6. The van der Waals surface area contributed by atoms with E-state index in [2.05, 4.69) is 82.0 Å². The molecule has 1 aromatic heterocycles. The number of carbonyl (C=O) groups is 1. The molecule has 9 heteroatoms. The van der Waals surface area contributed by atoms with E-state index < -0.39 is 0 Å². The van der Waals surface area contributed by atoms with Crippen LogP contribution in [0.2, 0.25) is 0 Å². The summed E-state index contributed by atoms with van der Waals surface area (Å²) in [6, 6.07) is 21.6. The smallest absolute Gasteiger partial charge is 0.246 e. The molecule has 0 radical (unpaired) electrons. The number of hydrogen-bond acceptors (Lipinski definition) is 8. The highest BCUT2D eigenvalue weighted by molar-refractivity contribution is 5.94. The molecule has 0 N–H and O–H groups in total. The standard InChI is InChI=1S/C35H36N8O/c1-2-33(44)43-21-20-42(23-27(43)11-16-37)34-29-14-19-41(32-9-5-7-26-6-3-4-8-28(26)32)24-31(29)30(22-38)35(39-34)40-17-12-25(10-15-36)13-18-40/h2-9,25,27H,1,10-14,17-21,23-24H2/t27-/m1/s1. The molecule has 2 aromatic carbocycles. The fraction of sp³-hybridized carbons (Fsp3) is 0.400. The molecule has 0 unspecified atom stereocenters. The van der Waals surface area contributed by atoms with Crippen molar-refractivity contribution in [2.45, 2.75) is 44.7 Å². The van der Waals surface area contributed by atoms with Gasteiger partial charge < -0.3 is 19.6 Å². The summed E-state index contributed by atoms with van der Waals surface area (Å²) in [6.07, 6.45) is 4.60. The number of nitrogens with zero attached hydrogens (tertiary/aromatic N) is 8. The summed E-state index contributed by atoms with van der Waals surface area (Å²) in [5.41, 5.74) is 3.87. The van der Waals surface area contributed by atoms with Crippen LogP contribution in [-0.2, 0) is 17.8 Å². The minimum atomic E-state index is -0.270. The molecule has 2 fully saturated rings. The highest BCUT2D eigenvalue weighted by atomic mass is 16.2. The molecule has 3 aliphatic heterocycles. The lowest BCUT2D eigenvalue weighted by Gasteiger charge is -2.43.